The number of aryl methyl sites for hydroxylation is 3. The van der Waals surface area contributed by atoms with E-state index in [9.17, 15) is 14.0 Å². The van der Waals surface area contributed by atoms with E-state index in [2.05, 4.69) is 10.4 Å². The molecule has 1 heterocycles. The average molecular weight is 339 g/mol. The second kappa shape index (κ2) is 6.47. The van der Waals surface area contributed by atoms with Gasteiger partial charge in [0, 0.05) is 12.2 Å². The summed E-state index contributed by atoms with van der Waals surface area (Å²) < 4.78 is 15.1. The van der Waals surface area contributed by atoms with Gasteiger partial charge < -0.3 is 5.32 Å². The summed E-state index contributed by atoms with van der Waals surface area (Å²) in [5.41, 5.74) is 2.24. The molecule has 1 N–H and O–H groups in total. The molecule has 0 aliphatic rings. The van der Waals surface area contributed by atoms with Crippen LogP contribution in [0.2, 0.25) is 0 Å². The lowest BCUT2D eigenvalue weighted by Gasteiger charge is -2.11. The maximum absolute atomic E-state index is 13.6. The van der Waals surface area contributed by atoms with Crippen molar-refractivity contribution >= 4 is 22.5 Å². The van der Waals surface area contributed by atoms with Gasteiger partial charge in [0.15, 0.2) is 5.69 Å². The van der Waals surface area contributed by atoms with Crippen molar-refractivity contribution in [2.45, 2.75) is 27.3 Å². The first-order chi connectivity index (χ1) is 11.9. The highest BCUT2D eigenvalue weighted by molar-refractivity contribution is 6.04. The van der Waals surface area contributed by atoms with Crippen LogP contribution in [0.4, 0.5) is 10.1 Å². The van der Waals surface area contributed by atoms with E-state index in [1.54, 1.807) is 0 Å². The minimum absolute atomic E-state index is 0.141. The third-order valence-electron chi connectivity index (χ3n) is 3.91. The van der Waals surface area contributed by atoms with Crippen molar-refractivity contribution < 1.29 is 9.18 Å². The van der Waals surface area contributed by atoms with E-state index < -0.39 is 17.2 Å². The molecule has 0 aliphatic carbocycles. The Labute approximate surface area is 144 Å². The van der Waals surface area contributed by atoms with Gasteiger partial charge in [-0.15, -0.1) is 0 Å². The quantitative estimate of drug-likeness (QED) is 0.795. The lowest BCUT2D eigenvalue weighted by atomic mass is 10.1. The number of hydrogen-bond donors (Lipinski definition) is 1. The van der Waals surface area contributed by atoms with Gasteiger partial charge in [-0.3, -0.25) is 14.3 Å². The molecule has 5 nitrogen and oxygen atoms in total. The molecule has 6 heteroatoms. The molecule has 3 rings (SSSR count). The van der Waals surface area contributed by atoms with E-state index in [0.29, 0.717) is 17.7 Å². The maximum Gasteiger partial charge on any atom is 0.280 e. The summed E-state index contributed by atoms with van der Waals surface area (Å²) in [6.07, 6.45) is 0. The molecule has 1 aromatic heterocycles. The normalized spacial score (nSPS) is 10.9. The lowest BCUT2D eigenvalue weighted by Crippen LogP contribution is -2.27. The molecule has 0 saturated carbocycles. The van der Waals surface area contributed by atoms with Crippen molar-refractivity contribution in [3.63, 3.8) is 0 Å². The smallest absolute Gasteiger partial charge is 0.280 e. The predicted octanol–water partition coefficient (Wildman–Crippen LogP) is 3.42. The van der Waals surface area contributed by atoms with Crippen LogP contribution in [0.15, 0.2) is 41.2 Å². The van der Waals surface area contributed by atoms with Crippen LogP contribution in [0.25, 0.3) is 10.9 Å². The monoisotopic (exact) mass is 339 g/mol. The maximum atomic E-state index is 13.6. The molecular formula is C19H18FN3O2. The van der Waals surface area contributed by atoms with Crippen molar-refractivity contribution in [3.8, 4) is 0 Å². The van der Waals surface area contributed by atoms with Gasteiger partial charge in [0.2, 0.25) is 5.43 Å². The van der Waals surface area contributed by atoms with E-state index in [4.69, 9.17) is 0 Å². The number of nitrogens with one attached hydrogen (secondary N) is 1. The Morgan fingerprint density at radius 2 is 1.84 bits per heavy atom. The van der Waals surface area contributed by atoms with Crippen molar-refractivity contribution in [2.24, 2.45) is 0 Å². The minimum Gasteiger partial charge on any atom is -0.320 e. The molecule has 0 fully saturated rings. The fourth-order valence-corrected chi connectivity index (χ4v) is 2.89. The van der Waals surface area contributed by atoms with Crippen molar-refractivity contribution in [1.29, 1.82) is 0 Å². The largest absolute Gasteiger partial charge is 0.320 e. The third kappa shape index (κ3) is 3.28. The van der Waals surface area contributed by atoms with Gasteiger partial charge in [-0.1, -0.05) is 6.07 Å². The molecule has 3 aromatic rings. The van der Waals surface area contributed by atoms with Crippen molar-refractivity contribution in [1.82, 2.24) is 9.78 Å². The van der Waals surface area contributed by atoms with Crippen LogP contribution < -0.4 is 10.7 Å². The molecule has 0 spiro atoms. The van der Waals surface area contributed by atoms with Crippen molar-refractivity contribution in [3.05, 3.63) is 69.3 Å². The Bertz CT molecular complexity index is 1020. The second-order valence-corrected chi connectivity index (χ2v) is 5.99. The number of hydrogen-bond acceptors (Lipinski definition) is 3. The molecule has 0 saturated heterocycles. The standard InChI is InChI=1S/C19H18FN3O2/c1-4-23-16-6-5-13(20)10-15(16)18(24)17(22-23)19(25)21-14-8-11(2)7-12(3)9-14/h5-10H,4H2,1-3H3,(H,21,25). The van der Waals surface area contributed by atoms with Crippen LogP contribution >= 0.6 is 0 Å². The Balaban J connectivity index is 2.09. The molecule has 0 bridgehead atoms. The van der Waals surface area contributed by atoms with Crippen LogP contribution in [0.5, 0.6) is 0 Å². The van der Waals surface area contributed by atoms with Crippen LogP contribution in [0.3, 0.4) is 0 Å². The third-order valence-corrected chi connectivity index (χ3v) is 3.91. The van der Waals surface area contributed by atoms with Gasteiger partial charge >= 0.3 is 0 Å². The summed E-state index contributed by atoms with van der Waals surface area (Å²) in [4.78, 5) is 25.2. The Hall–Kier alpha value is -3.02. The van der Waals surface area contributed by atoms with E-state index in [-0.39, 0.29) is 11.1 Å². The zero-order valence-corrected chi connectivity index (χ0v) is 14.3. The summed E-state index contributed by atoms with van der Waals surface area (Å²) in [7, 11) is 0. The number of carbonyl (C=O) groups excluding carboxylic acids is 1. The number of aromatic nitrogens is 2. The number of fused-ring (bicyclic) bond motifs is 1. The van der Waals surface area contributed by atoms with Crippen LogP contribution in [0.1, 0.15) is 28.5 Å². The van der Waals surface area contributed by atoms with E-state index in [1.807, 2.05) is 39.0 Å². The molecule has 2 aromatic carbocycles. The van der Waals surface area contributed by atoms with E-state index in [1.165, 1.54) is 16.8 Å². The van der Waals surface area contributed by atoms with Crippen LogP contribution in [-0.2, 0) is 6.54 Å². The molecule has 25 heavy (non-hydrogen) atoms. The lowest BCUT2D eigenvalue weighted by molar-refractivity contribution is 0.101. The summed E-state index contributed by atoms with van der Waals surface area (Å²) >= 11 is 0. The number of amides is 1. The summed E-state index contributed by atoms with van der Waals surface area (Å²) in [6, 6.07) is 9.50. The number of anilines is 1. The molecular weight excluding hydrogens is 321 g/mol. The second-order valence-electron chi connectivity index (χ2n) is 5.99. The van der Waals surface area contributed by atoms with Gasteiger partial charge in [0.1, 0.15) is 5.82 Å². The first kappa shape index (κ1) is 16.8. The Morgan fingerprint density at radius 1 is 1.16 bits per heavy atom. The van der Waals surface area contributed by atoms with Crippen LogP contribution in [-0.4, -0.2) is 15.7 Å². The number of rotatable bonds is 3. The van der Waals surface area contributed by atoms with Gasteiger partial charge in [-0.25, -0.2) is 4.39 Å². The molecule has 0 radical (unpaired) electrons. The number of halogens is 1. The first-order valence-electron chi connectivity index (χ1n) is 7.99. The van der Waals surface area contributed by atoms with Gasteiger partial charge in [0.05, 0.1) is 10.9 Å². The highest BCUT2D eigenvalue weighted by atomic mass is 19.1. The zero-order chi connectivity index (χ0) is 18.1. The summed E-state index contributed by atoms with van der Waals surface area (Å²) in [5.74, 6) is -1.14. The average Bonchev–Trinajstić information content (AvgIpc) is 2.54. The van der Waals surface area contributed by atoms with Gasteiger partial charge in [-0.05, 0) is 62.2 Å². The highest BCUT2D eigenvalue weighted by Crippen LogP contribution is 2.16. The molecule has 1 amide bonds. The Morgan fingerprint density at radius 3 is 2.48 bits per heavy atom. The first-order valence-corrected chi connectivity index (χ1v) is 7.99. The fourth-order valence-electron chi connectivity index (χ4n) is 2.89. The number of benzene rings is 2. The summed E-state index contributed by atoms with van der Waals surface area (Å²) in [6.45, 7) is 6.13. The fraction of sp³-hybridized carbons (Fsp3) is 0.211. The number of carbonyl (C=O) groups is 1. The molecule has 0 atom stereocenters. The van der Waals surface area contributed by atoms with Crippen molar-refractivity contribution in [2.75, 3.05) is 5.32 Å². The van der Waals surface area contributed by atoms with Crippen LogP contribution in [0, 0.1) is 19.7 Å². The molecule has 0 unspecified atom stereocenters. The number of nitrogens with zero attached hydrogens (tertiary/aromatic N) is 2. The Kier molecular flexibility index (Phi) is 4.35. The molecule has 128 valence electrons. The SMILES string of the molecule is CCn1nc(C(=O)Nc2cc(C)cc(C)c2)c(=O)c2cc(F)ccc21. The van der Waals surface area contributed by atoms with E-state index in [0.717, 1.165) is 17.2 Å². The topological polar surface area (TPSA) is 64.0 Å². The predicted molar refractivity (Wildman–Crippen MR) is 95.5 cm³/mol. The zero-order valence-electron chi connectivity index (χ0n) is 14.3. The van der Waals surface area contributed by atoms with E-state index >= 15 is 0 Å². The highest BCUT2D eigenvalue weighted by Gasteiger charge is 2.18. The van der Waals surface area contributed by atoms with Gasteiger partial charge in [-0.2, -0.15) is 5.10 Å². The van der Waals surface area contributed by atoms with Gasteiger partial charge in [0.25, 0.3) is 5.91 Å². The minimum atomic E-state index is -0.608. The summed E-state index contributed by atoms with van der Waals surface area (Å²) in [5, 5.41) is 7.00. The molecule has 0 aliphatic heterocycles.